The molecule has 24 heavy (non-hydrogen) atoms. The summed E-state index contributed by atoms with van der Waals surface area (Å²) >= 11 is 11.5. The largest absolute Gasteiger partial charge is 0.376 e. The zero-order valence-electron chi connectivity index (χ0n) is 13.9. The fourth-order valence-electron chi connectivity index (χ4n) is 3.20. The summed E-state index contributed by atoms with van der Waals surface area (Å²) < 4.78 is 5.57. The van der Waals surface area contributed by atoms with Gasteiger partial charge in [-0.2, -0.15) is 4.98 Å². The molecule has 2 fully saturated rings. The van der Waals surface area contributed by atoms with Crippen LogP contribution in [0.25, 0.3) is 0 Å². The van der Waals surface area contributed by atoms with Gasteiger partial charge >= 0.3 is 0 Å². The summed E-state index contributed by atoms with van der Waals surface area (Å²) in [5.41, 5.74) is 0. The predicted molar refractivity (Wildman–Crippen MR) is 101 cm³/mol. The van der Waals surface area contributed by atoms with Crippen molar-refractivity contribution in [1.29, 1.82) is 0 Å². The molecule has 3 heterocycles. The molecule has 0 spiro atoms. The van der Waals surface area contributed by atoms with E-state index in [0.29, 0.717) is 28.8 Å². The first-order valence-corrected chi connectivity index (χ1v) is 9.38. The summed E-state index contributed by atoms with van der Waals surface area (Å²) in [6, 6.07) is 2.28. The smallest absolute Gasteiger partial charge is 0.232 e. The summed E-state index contributed by atoms with van der Waals surface area (Å²) in [6.45, 7) is 4.75. The Morgan fingerprint density at radius 2 is 2.25 bits per heavy atom. The Labute approximate surface area is 153 Å². The van der Waals surface area contributed by atoms with E-state index in [1.807, 2.05) is 6.07 Å². The van der Waals surface area contributed by atoms with E-state index in [4.69, 9.17) is 28.6 Å². The first-order chi connectivity index (χ1) is 11.6. The summed E-state index contributed by atoms with van der Waals surface area (Å²) in [7, 11) is 0. The van der Waals surface area contributed by atoms with Crippen LogP contribution < -0.4 is 15.5 Å². The summed E-state index contributed by atoms with van der Waals surface area (Å²) in [4.78, 5) is 11.1. The zero-order valence-corrected chi connectivity index (χ0v) is 15.5. The molecule has 2 aliphatic rings. The molecule has 0 radical (unpaired) electrons. The van der Waals surface area contributed by atoms with Gasteiger partial charge in [0.15, 0.2) is 5.11 Å². The number of nitrogens with one attached hydrogen (secondary N) is 2. The number of hydrogen-bond acceptors (Lipinski definition) is 5. The fraction of sp³-hybridized carbons (Fsp3) is 0.688. The minimum Gasteiger partial charge on any atom is -0.376 e. The predicted octanol–water partition coefficient (Wildman–Crippen LogP) is 2.97. The molecular formula is C16H24ClN5OS. The third-order valence-electron chi connectivity index (χ3n) is 4.52. The number of ether oxygens (including phenoxy) is 1. The van der Waals surface area contributed by atoms with E-state index >= 15 is 0 Å². The van der Waals surface area contributed by atoms with Crippen LogP contribution in [0, 0.1) is 0 Å². The molecule has 6 nitrogen and oxygen atoms in total. The van der Waals surface area contributed by atoms with E-state index in [1.165, 1.54) is 19.3 Å². The molecule has 8 heteroatoms. The van der Waals surface area contributed by atoms with Crippen LogP contribution in [-0.2, 0) is 4.74 Å². The van der Waals surface area contributed by atoms with Crippen molar-refractivity contribution in [1.82, 2.24) is 15.3 Å². The summed E-state index contributed by atoms with van der Waals surface area (Å²) in [5, 5.41) is 7.10. The fourth-order valence-corrected chi connectivity index (χ4v) is 3.56. The first-order valence-electron chi connectivity index (χ1n) is 8.59. The van der Waals surface area contributed by atoms with Crippen molar-refractivity contribution in [2.75, 3.05) is 29.9 Å². The van der Waals surface area contributed by atoms with Crippen LogP contribution in [0.2, 0.25) is 5.15 Å². The number of rotatable bonds is 4. The van der Waals surface area contributed by atoms with Gasteiger partial charge in [0.25, 0.3) is 0 Å². The number of anilines is 2. The normalized spacial score (nSPS) is 24.0. The third kappa shape index (κ3) is 4.68. The Morgan fingerprint density at radius 3 is 3.00 bits per heavy atom. The van der Waals surface area contributed by atoms with Crippen molar-refractivity contribution < 1.29 is 4.74 Å². The van der Waals surface area contributed by atoms with Crippen LogP contribution in [0.15, 0.2) is 6.07 Å². The molecule has 2 aliphatic heterocycles. The van der Waals surface area contributed by atoms with Crippen LogP contribution >= 0.6 is 23.8 Å². The molecular weight excluding hydrogens is 346 g/mol. The van der Waals surface area contributed by atoms with Crippen LogP contribution in [0.4, 0.5) is 11.8 Å². The summed E-state index contributed by atoms with van der Waals surface area (Å²) in [5.74, 6) is 1.28. The second-order valence-corrected chi connectivity index (χ2v) is 7.18. The van der Waals surface area contributed by atoms with Crippen molar-refractivity contribution >= 4 is 40.7 Å². The Kier molecular flexibility index (Phi) is 6.08. The third-order valence-corrected chi connectivity index (χ3v) is 4.96. The highest BCUT2D eigenvalue weighted by Crippen LogP contribution is 2.25. The van der Waals surface area contributed by atoms with Crippen molar-refractivity contribution in [3.05, 3.63) is 11.2 Å². The molecule has 1 aromatic rings. The molecule has 0 aromatic carbocycles. The second kappa shape index (κ2) is 8.27. The van der Waals surface area contributed by atoms with Crippen LogP contribution in [-0.4, -0.2) is 46.9 Å². The molecule has 132 valence electrons. The van der Waals surface area contributed by atoms with Gasteiger partial charge in [-0.15, -0.1) is 0 Å². The first kappa shape index (κ1) is 17.6. The van der Waals surface area contributed by atoms with E-state index in [1.54, 1.807) is 0 Å². The van der Waals surface area contributed by atoms with Gasteiger partial charge in [-0.25, -0.2) is 4.98 Å². The Balaban J connectivity index is 1.61. The van der Waals surface area contributed by atoms with Gasteiger partial charge in [0.2, 0.25) is 5.95 Å². The van der Waals surface area contributed by atoms with Crippen molar-refractivity contribution in [2.45, 2.75) is 51.2 Å². The maximum Gasteiger partial charge on any atom is 0.232 e. The molecule has 0 amide bonds. The van der Waals surface area contributed by atoms with Gasteiger partial charge in [-0.05, 0) is 51.2 Å². The van der Waals surface area contributed by atoms with Gasteiger partial charge in [0.05, 0.1) is 6.10 Å². The highest BCUT2D eigenvalue weighted by atomic mass is 35.5. The van der Waals surface area contributed by atoms with E-state index in [9.17, 15) is 0 Å². The highest BCUT2D eigenvalue weighted by molar-refractivity contribution is 7.80. The SMILES string of the molecule is C[C@H]1CCCCN1c1cc(Cl)nc(NC(=S)NC[C@@H]2CCCO2)n1. The van der Waals surface area contributed by atoms with E-state index in [0.717, 1.165) is 31.8 Å². The van der Waals surface area contributed by atoms with Gasteiger partial charge in [0.1, 0.15) is 11.0 Å². The number of nitrogens with zero attached hydrogens (tertiary/aromatic N) is 3. The number of thiocarbonyl (C=S) groups is 1. The molecule has 0 bridgehead atoms. The molecule has 0 unspecified atom stereocenters. The molecule has 0 aliphatic carbocycles. The van der Waals surface area contributed by atoms with Gasteiger partial charge < -0.3 is 20.3 Å². The Bertz CT molecular complexity index is 582. The number of aromatic nitrogens is 2. The Morgan fingerprint density at radius 1 is 1.38 bits per heavy atom. The number of hydrogen-bond donors (Lipinski definition) is 2. The lowest BCUT2D eigenvalue weighted by Crippen LogP contribution is -2.38. The average Bonchev–Trinajstić information content (AvgIpc) is 3.06. The molecule has 3 rings (SSSR count). The zero-order chi connectivity index (χ0) is 16.9. The van der Waals surface area contributed by atoms with E-state index in [2.05, 4.69) is 32.4 Å². The summed E-state index contributed by atoms with van der Waals surface area (Å²) in [6.07, 6.45) is 6.03. The molecule has 0 saturated carbocycles. The lowest BCUT2D eigenvalue weighted by atomic mass is 10.0. The lowest BCUT2D eigenvalue weighted by molar-refractivity contribution is 0.114. The topological polar surface area (TPSA) is 62.3 Å². The van der Waals surface area contributed by atoms with Crippen LogP contribution in [0.1, 0.15) is 39.0 Å². The maximum atomic E-state index is 6.18. The number of piperidine rings is 1. The monoisotopic (exact) mass is 369 g/mol. The van der Waals surface area contributed by atoms with Gasteiger partial charge in [-0.3, -0.25) is 0 Å². The maximum absolute atomic E-state index is 6.18. The van der Waals surface area contributed by atoms with Crippen LogP contribution in [0.5, 0.6) is 0 Å². The van der Waals surface area contributed by atoms with Crippen molar-refractivity contribution in [2.24, 2.45) is 0 Å². The minimum atomic E-state index is 0.231. The lowest BCUT2D eigenvalue weighted by Gasteiger charge is -2.34. The minimum absolute atomic E-state index is 0.231. The second-order valence-electron chi connectivity index (χ2n) is 6.38. The Hall–Kier alpha value is -1.18. The molecule has 1 aromatic heterocycles. The molecule has 2 N–H and O–H groups in total. The quantitative estimate of drug-likeness (QED) is 0.624. The number of halogens is 1. The standard InChI is InChI=1S/C16H24ClN5OS/c1-11-5-2-3-7-22(11)14-9-13(17)19-15(20-14)21-16(24)18-10-12-6-4-8-23-12/h9,11-12H,2-8,10H2,1H3,(H2,18,19,20,21,24)/t11-,12-/m0/s1. The van der Waals surface area contributed by atoms with Crippen molar-refractivity contribution in [3.63, 3.8) is 0 Å². The van der Waals surface area contributed by atoms with Crippen molar-refractivity contribution in [3.8, 4) is 0 Å². The van der Waals surface area contributed by atoms with Crippen LogP contribution in [0.3, 0.4) is 0 Å². The average molecular weight is 370 g/mol. The van der Waals surface area contributed by atoms with E-state index < -0.39 is 0 Å². The van der Waals surface area contributed by atoms with E-state index in [-0.39, 0.29) is 6.10 Å². The molecule has 2 saturated heterocycles. The highest BCUT2D eigenvalue weighted by Gasteiger charge is 2.21. The van der Waals surface area contributed by atoms with Gasteiger partial charge in [0, 0.05) is 31.8 Å². The molecule has 2 atom stereocenters. The van der Waals surface area contributed by atoms with Gasteiger partial charge in [-0.1, -0.05) is 11.6 Å².